The monoisotopic (exact) mass is 340 g/mol. The zero-order chi connectivity index (χ0) is 17.6. The molecule has 2 amide bonds. The van der Waals surface area contributed by atoms with Crippen LogP contribution in [0.25, 0.3) is 0 Å². The number of nitrogens with one attached hydrogen (secondary N) is 1. The Kier molecular flexibility index (Phi) is 5.93. The lowest BCUT2D eigenvalue weighted by molar-refractivity contribution is 0.152. The number of nitrogens with zero attached hydrogens (tertiary/aromatic N) is 3. The second-order valence-corrected chi connectivity index (χ2v) is 7.34. The quantitative estimate of drug-likeness (QED) is 0.910. The van der Waals surface area contributed by atoms with Crippen LogP contribution in [0.3, 0.4) is 0 Å². The molecule has 5 heteroatoms. The van der Waals surface area contributed by atoms with E-state index in [2.05, 4.69) is 35.3 Å². The van der Waals surface area contributed by atoms with Gasteiger partial charge >= 0.3 is 6.03 Å². The van der Waals surface area contributed by atoms with Gasteiger partial charge in [-0.05, 0) is 56.8 Å². The van der Waals surface area contributed by atoms with Crippen molar-refractivity contribution in [2.45, 2.75) is 51.6 Å². The van der Waals surface area contributed by atoms with Gasteiger partial charge in [-0.25, -0.2) is 4.79 Å². The van der Waals surface area contributed by atoms with Crippen molar-refractivity contribution in [2.75, 3.05) is 25.0 Å². The molecule has 0 saturated carbocycles. The van der Waals surface area contributed by atoms with Gasteiger partial charge in [0.15, 0.2) is 0 Å². The molecule has 1 atom stereocenters. The van der Waals surface area contributed by atoms with Crippen molar-refractivity contribution in [1.29, 1.82) is 5.26 Å². The van der Waals surface area contributed by atoms with Crippen LogP contribution in [0, 0.1) is 17.2 Å². The third kappa shape index (κ3) is 4.73. The van der Waals surface area contributed by atoms with Gasteiger partial charge in [0.05, 0.1) is 6.07 Å². The summed E-state index contributed by atoms with van der Waals surface area (Å²) in [6.45, 7) is 5.73. The average Bonchev–Trinajstić information content (AvgIpc) is 2.64. The lowest BCUT2D eigenvalue weighted by Crippen LogP contribution is -2.40. The van der Waals surface area contributed by atoms with Crippen LogP contribution >= 0.6 is 0 Å². The van der Waals surface area contributed by atoms with Crippen LogP contribution in [-0.2, 0) is 6.54 Å². The molecule has 0 aliphatic carbocycles. The minimum absolute atomic E-state index is 0.0557. The highest BCUT2D eigenvalue weighted by atomic mass is 16.2. The smallest absolute Gasteiger partial charge is 0.321 e. The van der Waals surface area contributed by atoms with E-state index in [1.54, 1.807) is 0 Å². The van der Waals surface area contributed by atoms with Gasteiger partial charge in [-0.2, -0.15) is 5.26 Å². The number of urea groups is 1. The van der Waals surface area contributed by atoms with Crippen molar-refractivity contribution in [3.05, 3.63) is 29.8 Å². The predicted octanol–water partition coefficient (Wildman–Crippen LogP) is 3.83. The fourth-order valence-electron chi connectivity index (χ4n) is 3.79. The molecule has 2 heterocycles. The van der Waals surface area contributed by atoms with E-state index >= 15 is 0 Å². The maximum atomic E-state index is 12.4. The lowest BCUT2D eigenvalue weighted by Gasteiger charge is -2.33. The summed E-state index contributed by atoms with van der Waals surface area (Å²) in [5.41, 5.74) is 2.10. The van der Waals surface area contributed by atoms with Crippen LogP contribution in [-0.4, -0.2) is 41.5 Å². The fourth-order valence-corrected chi connectivity index (χ4v) is 3.79. The molecule has 1 aromatic rings. The topological polar surface area (TPSA) is 59.4 Å². The molecule has 1 aromatic carbocycles. The first-order valence-corrected chi connectivity index (χ1v) is 9.44. The zero-order valence-corrected chi connectivity index (χ0v) is 15.1. The summed E-state index contributed by atoms with van der Waals surface area (Å²) in [7, 11) is 0. The van der Waals surface area contributed by atoms with Crippen molar-refractivity contribution in [3.63, 3.8) is 0 Å². The maximum absolute atomic E-state index is 12.4. The standard InChI is InChI=1S/C20H28N4O/c1-16-5-2-3-10-24(16)15-18-6-4-7-19(13-18)22-20(25)23-11-8-17(14-21)9-12-23/h4,6-7,13,16-17H,2-3,5,8-12,15H2,1H3,(H,22,25). The van der Waals surface area contributed by atoms with Gasteiger partial charge in [0.2, 0.25) is 0 Å². The first-order chi connectivity index (χ1) is 12.2. The number of anilines is 1. The molecule has 2 aliphatic heterocycles. The molecule has 1 N–H and O–H groups in total. The summed E-state index contributed by atoms with van der Waals surface area (Å²) in [6, 6.07) is 11.1. The molecule has 2 aliphatic rings. The van der Waals surface area contributed by atoms with E-state index in [-0.39, 0.29) is 11.9 Å². The summed E-state index contributed by atoms with van der Waals surface area (Å²) in [5, 5.41) is 12.0. The Hall–Kier alpha value is -2.06. The molecule has 25 heavy (non-hydrogen) atoms. The number of carbonyl (C=O) groups is 1. The van der Waals surface area contributed by atoms with Crippen LogP contribution in [0.15, 0.2) is 24.3 Å². The summed E-state index contributed by atoms with van der Waals surface area (Å²) in [5.74, 6) is 0.0962. The third-order valence-corrected chi connectivity index (χ3v) is 5.47. The Morgan fingerprint density at radius 1 is 1.24 bits per heavy atom. The molecule has 2 saturated heterocycles. The Labute approximate surface area is 150 Å². The molecule has 0 spiro atoms. The van der Waals surface area contributed by atoms with Crippen molar-refractivity contribution in [3.8, 4) is 6.07 Å². The first-order valence-electron chi connectivity index (χ1n) is 9.44. The van der Waals surface area contributed by atoms with E-state index in [1.165, 1.54) is 24.8 Å². The van der Waals surface area contributed by atoms with Crippen LogP contribution in [0.5, 0.6) is 0 Å². The van der Waals surface area contributed by atoms with E-state index in [0.717, 1.165) is 31.6 Å². The van der Waals surface area contributed by atoms with E-state index in [0.29, 0.717) is 19.1 Å². The van der Waals surface area contributed by atoms with E-state index in [1.807, 2.05) is 17.0 Å². The van der Waals surface area contributed by atoms with E-state index in [9.17, 15) is 4.79 Å². The van der Waals surface area contributed by atoms with Gasteiger partial charge in [-0.1, -0.05) is 18.6 Å². The molecule has 2 fully saturated rings. The predicted molar refractivity (Wildman–Crippen MR) is 99.1 cm³/mol. The molecule has 3 rings (SSSR count). The highest BCUT2D eigenvalue weighted by Crippen LogP contribution is 2.21. The number of rotatable bonds is 3. The number of likely N-dealkylation sites (tertiary alicyclic amines) is 2. The number of carbonyl (C=O) groups excluding carboxylic acids is 1. The largest absolute Gasteiger partial charge is 0.324 e. The number of nitriles is 1. The van der Waals surface area contributed by atoms with Crippen molar-refractivity contribution >= 4 is 11.7 Å². The van der Waals surface area contributed by atoms with Gasteiger partial charge in [0, 0.05) is 37.3 Å². The number of hydrogen-bond acceptors (Lipinski definition) is 3. The summed E-state index contributed by atoms with van der Waals surface area (Å²) in [6.07, 6.45) is 5.43. The fraction of sp³-hybridized carbons (Fsp3) is 0.600. The number of hydrogen-bond donors (Lipinski definition) is 1. The summed E-state index contributed by atoms with van der Waals surface area (Å²) >= 11 is 0. The highest BCUT2D eigenvalue weighted by molar-refractivity contribution is 5.89. The second-order valence-electron chi connectivity index (χ2n) is 7.34. The Balaban J connectivity index is 1.56. The average molecular weight is 340 g/mol. The van der Waals surface area contributed by atoms with Crippen LogP contribution < -0.4 is 5.32 Å². The van der Waals surface area contributed by atoms with Crippen LogP contribution in [0.1, 0.15) is 44.6 Å². The lowest BCUT2D eigenvalue weighted by atomic mass is 9.99. The van der Waals surface area contributed by atoms with Gasteiger partial charge in [0.1, 0.15) is 0 Å². The van der Waals surface area contributed by atoms with E-state index < -0.39 is 0 Å². The molecule has 134 valence electrons. The Bertz CT molecular complexity index is 631. The number of piperidine rings is 2. The molecular weight excluding hydrogens is 312 g/mol. The molecule has 1 unspecified atom stereocenters. The van der Waals surface area contributed by atoms with Gasteiger partial charge in [-0.15, -0.1) is 0 Å². The summed E-state index contributed by atoms with van der Waals surface area (Å²) < 4.78 is 0. The zero-order valence-electron chi connectivity index (χ0n) is 15.1. The van der Waals surface area contributed by atoms with Crippen molar-refractivity contribution in [1.82, 2.24) is 9.80 Å². The van der Waals surface area contributed by atoms with Crippen molar-refractivity contribution < 1.29 is 4.79 Å². The van der Waals surface area contributed by atoms with Crippen molar-refractivity contribution in [2.24, 2.45) is 5.92 Å². The SMILES string of the molecule is CC1CCCCN1Cc1cccc(NC(=O)N2CCC(C#N)CC2)c1. The summed E-state index contributed by atoms with van der Waals surface area (Å²) in [4.78, 5) is 16.8. The minimum Gasteiger partial charge on any atom is -0.324 e. The van der Waals surface area contributed by atoms with Gasteiger partial charge in [0.25, 0.3) is 0 Å². The van der Waals surface area contributed by atoms with Crippen LogP contribution in [0.2, 0.25) is 0 Å². The second kappa shape index (κ2) is 8.35. The number of benzene rings is 1. The molecule has 5 nitrogen and oxygen atoms in total. The highest BCUT2D eigenvalue weighted by Gasteiger charge is 2.23. The molecule has 0 bridgehead atoms. The third-order valence-electron chi connectivity index (χ3n) is 5.47. The van der Waals surface area contributed by atoms with Gasteiger partial charge < -0.3 is 10.2 Å². The minimum atomic E-state index is -0.0557. The normalized spacial score (nSPS) is 22.4. The van der Waals surface area contributed by atoms with Crippen LogP contribution in [0.4, 0.5) is 10.5 Å². The number of amides is 2. The Morgan fingerprint density at radius 2 is 2.04 bits per heavy atom. The van der Waals surface area contributed by atoms with E-state index in [4.69, 9.17) is 5.26 Å². The molecular formula is C20H28N4O. The van der Waals surface area contributed by atoms with Gasteiger partial charge in [-0.3, -0.25) is 4.90 Å². The maximum Gasteiger partial charge on any atom is 0.321 e. The molecule has 0 aromatic heterocycles. The first kappa shape index (κ1) is 17.8. The molecule has 0 radical (unpaired) electrons. The Morgan fingerprint density at radius 3 is 2.76 bits per heavy atom.